The van der Waals surface area contributed by atoms with Gasteiger partial charge in [-0.3, -0.25) is 18.5 Å². The summed E-state index contributed by atoms with van der Waals surface area (Å²) >= 11 is 0. The number of anilines is 1. The van der Waals surface area contributed by atoms with Crippen LogP contribution in [0.5, 0.6) is 0 Å². The first-order valence-electron chi connectivity index (χ1n) is 9.46. The van der Waals surface area contributed by atoms with Crippen molar-refractivity contribution in [2.45, 2.75) is 66.0 Å². The van der Waals surface area contributed by atoms with E-state index in [1.807, 2.05) is 30.3 Å². The van der Waals surface area contributed by atoms with Crippen LogP contribution in [-0.2, 0) is 13.6 Å². The van der Waals surface area contributed by atoms with Gasteiger partial charge in [0.05, 0.1) is 11.8 Å². The predicted octanol–water partition coefficient (Wildman–Crippen LogP) is 2.25. The third kappa shape index (κ3) is 2.77. The van der Waals surface area contributed by atoms with Crippen molar-refractivity contribution in [2.75, 3.05) is 11.6 Å². The predicted molar refractivity (Wildman–Crippen MR) is 104 cm³/mol. The Morgan fingerprint density at radius 3 is 2.38 bits per heavy atom. The fourth-order valence-electron chi connectivity index (χ4n) is 3.35. The molecule has 0 N–H and O–H groups in total. The molecular formula is C18H28N6O2. The van der Waals surface area contributed by atoms with Crippen LogP contribution in [0, 0.1) is 0 Å². The molecule has 0 spiro atoms. The fraction of sp³-hybridized carbons (Fsp3) is 0.667. The molecule has 1 aliphatic heterocycles. The third-order valence-electron chi connectivity index (χ3n) is 5.12. The summed E-state index contributed by atoms with van der Waals surface area (Å²) < 4.78 is 4.76. The number of unbranched alkanes of at least 4 members (excludes halogenated alkanes) is 2. The van der Waals surface area contributed by atoms with Gasteiger partial charge in [0.1, 0.15) is 0 Å². The molecule has 0 radical (unpaired) electrons. The highest BCUT2D eigenvalue weighted by Crippen LogP contribution is 2.29. The van der Waals surface area contributed by atoms with Crippen molar-refractivity contribution in [2.24, 2.45) is 12.1 Å². The van der Waals surface area contributed by atoms with E-state index in [1.165, 1.54) is 9.13 Å². The lowest BCUT2D eigenvalue weighted by Crippen LogP contribution is -2.40. The second-order valence-corrected chi connectivity index (χ2v) is 7.00. The molecule has 0 fully saturated rings. The second-order valence-electron chi connectivity index (χ2n) is 7.00. The van der Waals surface area contributed by atoms with Crippen LogP contribution in [-0.4, -0.2) is 30.9 Å². The third-order valence-corrected chi connectivity index (χ3v) is 5.12. The lowest BCUT2D eigenvalue weighted by atomic mass is 10.2. The molecule has 8 heteroatoms. The highest BCUT2D eigenvalue weighted by atomic mass is 16.2. The van der Waals surface area contributed by atoms with E-state index in [2.05, 4.69) is 17.0 Å². The normalized spacial score (nSPS) is 16.9. The number of rotatable bonds is 6. The minimum Gasteiger partial charge on any atom is -0.294 e. The van der Waals surface area contributed by atoms with Gasteiger partial charge in [0.2, 0.25) is 5.95 Å². The zero-order valence-corrected chi connectivity index (χ0v) is 16.3. The molecule has 0 aromatic carbocycles. The van der Waals surface area contributed by atoms with Crippen molar-refractivity contribution in [3.63, 3.8) is 0 Å². The van der Waals surface area contributed by atoms with Gasteiger partial charge in [-0.05, 0) is 26.7 Å². The Bertz CT molecular complexity index is 965. The molecule has 8 nitrogen and oxygen atoms in total. The number of hydrogen-bond acceptors (Lipinski definition) is 5. The molecule has 1 aliphatic rings. The van der Waals surface area contributed by atoms with Crippen molar-refractivity contribution in [3.8, 4) is 0 Å². The first-order chi connectivity index (χ1) is 12.4. The van der Waals surface area contributed by atoms with Gasteiger partial charge in [-0.15, -0.1) is 0 Å². The Balaban J connectivity index is 2.29. The zero-order valence-electron chi connectivity index (χ0n) is 16.3. The van der Waals surface area contributed by atoms with Gasteiger partial charge in [-0.1, -0.05) is 26.7 Å². The smallest absolute Gasteiger partial charge is 0.294 e. The van der Waals surface area contributed by atoms with E-state index in [9.17, 15) is 9.59 Å². The van der Waals surface area contributed by atoms with Gasteiger partial charge >= 0.3 is 5.69 Å². The maximum atomic E-state index is 13.1. The summed E-state index contributed by atoms with van der Waals surface area (Å²) in [5.74, 6) is 0.645. The van der Waals surface area contributed by atoms with Crippen molar-refractivity contribution in [1.82, 2.24) is 18.7 Å². The summed E-state index contributed by atoms with van der Waals surface area (Å²) in [7, 11) is 1.68. The van der Waals surface area contributed by atoms with Gasteiger partial charge in [0.15, 0.2) is 11.2 Å². The Kier molecular flexibility index (Phi) is 5.02. The van der Waals surface area contributed by atoms with E-state index in [-0.39, 0.29) is 17.3 Å². The van der Waals surface area contributed by atoms with Crippen LogP contribution in [0.4, 0.5) is 5.95 Å². The fourth-order valence-corrected chi connectivity index (χ4v) is 3.35. The lowest BCUT2D eigenvalue weighted by Gasteiger charge is -2.29. The SMILES string of the molecule is CCCCN1N=C(C)C(C)n2c1nc1c2c(=O)n(CCCC)c(=O)n1C. The molecule has 0 saturated carbocycles. The van der Waals surface area contributed by atoms with Crippen LogP contribution in [0.25, 0.3) is 11.2 Å². The number of fused-ring (bicyclic) bond motifs is 3. The summed E-state index contributed by atoms with van der Waals surface area (Å²) in [6, 6.07) is -0.0716. The van der Waals surface area contributed by atoms with Gasteiger partial charge in [-0.2, -0.15) is 10.1 Å². The molecule has 2 aromatic heterocycles. The molecule has 0 saturated heterocycles. The minimum atomic E-state index is -0.309. The van der Waals surface area contributed by atoms with Crippen LogP contribution in [0.1, 0.15) is 59.4 Å². The minimum absolute atomic E-state index is 0.0716. The van der Waals surface area contributed by atoms with E-state index in [0.717, 1.165) is 37.9 Å². The second kappa shape index (κ2) is 7.09. The van der Waals surface area contributed by atoms with Gasteiger partial charge < -0.3 is 0 Å². The standard InChI is InChI=1S/C18H28N6O2/c1-6-8-10-22-16(25)14-15(21(5)18(22)26)19-17-23(11-9-7-2)20-12(3)13(4)24(14)17/h13H,6-11H2,1-5H3. The van der Waals surface area contributed by atoms with Crippen LogP contribution < -0.4 is 16.3 Å². The molecule has 0 amide bonds. The number of nitrogens with zero attached hydrogens (tertiary/aromatic N) is 6. The van der Waals surface area contributed by atoms with E-state index in [4.69, 9.17) is 0 Å². The Morgan fingerprint density at radius 2 is 1.73 bits per heavy atom. The first-order valence-corrected chi connectivity index (χ1v) is 9.46. The highest BCUT2D eigenvalue weighted by Gasteiger charge is 2.30. The van der Waals surface area contributed by atoms with Crippen LogP contribution in [0.3, 0.4) is 0 Å². The van der Waals surface area contributed by atoms with Crippen LogP contribution in [0.15, 0.2) is 14.7 Å². The summed E-state index contributed by atoms with van der Waals surface area (Å²) in [4.78, 5) is 30.4. The number of hydrazone groups is 1. The van der Waals surface area contributed by atoms with E-state index < -0.39 is 0 Å². The Hall–Kier alpha value is -2.38. The van der Waals surface area contributed by atoms with Gasteiger partial charge in [0, 0.05) is 20.1 Å². The van der Waals surface area contributed by atoms with Gasteiger partial charge in [0.25, 0.3) is 5.56 Å². The van der Waals surface area contributed by atoms with Crippen molar-refractivity contribution >= 4 is 22.8 Å². The largest absolute Gasteiger partial charge is 0.332 e. The highest BCUT2D eigenvalue weighted by molar-refractivity contribution is 5.91. The van der Waals surface area contributed by atoms with E-state index >= 15 is 0 Å². The molecule has 3 heterocycles. The molecule has 0 bridgehead atoms. The number of aryl methyl sites for hydroxylation is 1. The monoisotopic (exact) mass is 360 g/mol. The topological polar surface area (TPSA) is 77.4 Å². The molecule has 2 aromatic rings. The Labute approximate surface area is 152 Å². The molecule has 0 aliphatic carbocycles. The van der Waals surface area contributed by atoms with Crippen LogP contribution >= 0.6 is 0 Å². The maximum Gasteiger partial charge on any atom is 0.332 e. The summed E-state index contributed by atoms with van der Waals surface area (Å²) in [5, 5.41) is 6.52. The number of hydrogen-bond donors (Lipinski definition) is 0. The number of imidazole rings is 1. The summed E-state index contributed by atoms with van der Waals surface area (Å²) in [6.45, 7) is 9.32. The average molecular weight is 360 g/mol. The van der Waals surface area contributed by atoms with E-state index in [0.29, 0.717) is 23.7 Å². The molecule has 26 heavy (non-hydrogen) atoms. The van der Waals surface area contributed by atoms with E-state index in [1.54, 1.807) is 7.05 Å². The molecule has 142 valence electrons. The molecule has 1 unspecified atom stereocenters. The average Bonchev–Trinajstić information content (AvgIpc) is 3.03. The Morgan fingerprint density at radius 1 is 1.08 bits per heavy atom. The van der Waals surface area contributed by atoms with Crippen molar-refractivity contribution < 1.29 is 0 Å². The quantitative estimate of drug-likeness (QED) is 0.792. The van der Waals surface area contributed by atoms with Crippen molar-refractivity contribution in [1.29, 1.82) is 0 Å². The zero-order chi connectivity index (χ0) is 19.0. The van der Waals surface area contributed by atoms with Crippen molar-refractivity contribution in [3.05, 3.63) is 20.8 Å². The van der Waals surface area contributed by atoms with Crippen LogP contribution in [0.2, 0.25) is 0 Å². The van der Waals surface area contributed by atoms with Gasteiger partial charge in [-0.25, -0.2) is 9.80 Å². The number of aromatic nitrogens is 4. The summed E-state index contributed by atoms with van der Waals surface area (Å²) in [6.07, 6.45) is 3.74. The first kappa shape index (κ1) is 18.4. The lowest BCUT2D eigenvalue weighted by molar-refractivity contribution is 0.562. The molecular weight excluding hydrogens is 332 g/mol. The summed E-state index contributed by atoms with van der Waals surface area (Å²) in [5.41, 5.74) is 1.29. The maximum absolute atomic E-state index is 13.1. The molecule has 3 rings (SSSR count). The molecule has 1 atom stereocenters.